The molecule has 1 heteroatoms. The molecule has 0 amide bonds. The number of nitrogens with one attached hydrogen (secondary N) is 1. The third kappa shape index (κ3) is 1.31. The lowest BCUT2D eigenvalue weighted by Gasteiger charge is -2.33. The summed E-state index contributed by atoms with van der Waals surface area (Å²) in [5, 5.41) is 3.54. The minimum atomic E-state index is 0.272. The highest BCUT2D eigenvalue weighted by molar-refractivity contribution is 5.54. The van der Waals surface area contributed by atoms with Crippen LogP contribution in [0.1, 0.15) is 25.8 Å². The number of hydrogen-bond acceptors (Lipinski definition) is 1. The molecule has 1 N–H and O–H groups in total. The largest absolute Gasteiger partial charge is 0.380 e. The van der Waals surface area contributed by atoms with Crippen LogP contribution in [0.25, 0.3) is 0 Å². The summed E-state index contributed by atoms with van der Waals surface area (Å²) < 4.78 is 0. The number of benzene rings is 1. The molecule has 1 aliphatic rings. The predicted octanol–water partition coefficient (Wildman–Crippen LogP) is 2.82. The minimum absolute atomic E-state index is 0.272. The van der Waals surface area contributed by atoms with Crippen molar-refractivity contribution in [3.8, 4) is 0 Å². The fraction of sp³-hybridized carbons (Fsp3) is 0.455. The molecule has 1 aromatic rings. The molecule has 1 heterocycles. The average Bonchev–Trinajstić information content (AvgIpc) is 2.02. The molecule has 0 saturated heterocycles. The van der Waals surface area contributed by atoms with Gasteiger partial charge in [-0.2, -0.15) is 0 Å². The second kappa shape index (κ2) is 2.51. The maximum absolute atomic E-state index is 3.54. The zero-order valence-electron chi connectivity index (χ0n) is 7.72. The highest BCUT2D eigenvalue weighted by Gasteiger charge is 2.22. The van der Waals surface area contributed by atoms with Gasteiger partial charge in [0.1, 0.15) is 0 Å². The lowest BCUT2D eigenvalue weighted by Crippen LogP contribution is -2.34. The first-order chi connectivity index (χ1) is 5.67. The van der Waals surface area contributed by atoms with E-state index in [1.165, 1.54) is 24.1 Å². The van der Waals surface area contributed by atoms with Crippen LogP contribution in [0.5, 0.6) is 0 Å². The SMILES string of the molecule is CC1(C)CCc2ccccc2N1. The van der Waals surface area contributed by atoms with Gasteiger partial charge in [-0.3, -0.25) is 0 Å². The van der Waals surface area contributed by atoms with Gasteiger partial charge < -0.3 is 5.32 Å². The molecule has 0 saturated carbocycles. The molecular weight excluding hydrogens is 146 g/mol. The Balaban J connectivity index is 2.35. The molecule has 0 bridgehead atoms. The van der Waals surface area contributed by atoms with Crippen molar-refractivity contribution >= 4 is 5.69 Å². The van der Waals surface area contributed by atoms with Crippen LogP contribution in [0.15, 0.2) is 24.3 Å². The van der Waals surface area contributed by atoms with Gasteiger partial charge in [0.15, 0.2) is 0 Å². The molecule has 0 aliphatic carbocycles. The lowest BCUT2D eigenvalue weighted by molar-refractivity contribution is 0.502. The lowest BCUT2D eigenvalue weighted by atomic mass is 9.90. The Kier molecular flexibility index (Phi) is 1.60. The summed E-state index contributed by atoms with van der Waals surface area (Å²) >= 11 is 0. The topological polar surface area (TPSA) is 12.0 Å². The van der Waals surface area contributed by atoms with Crippen LogP contribution in [0.3, 0.4) is 0 Å². The first-order valence-electron chi connectivity index (χ1n) is 4.53. The van der Waals surface area contributed by atoms with Gasteiger partial charge in [0, 0.05) is 11.2 Å². The normalized spacial score (nSPS) is 19.5. The molecule has 0 unspecified atom stereocenters. The number of para-hydroxylation sites is 1. The Labute approximate surface area is 73.8 Å². The van der Waals surface area contributed by atoms with E-state index in [0.29, 0.717) is 0 Å². The van der Waals surface area contributed by atoms with Crippen molar-refractivity contribution in [2.45, 2.75) is 32.2 Å². The zero-order valence-corrected chi connectivity index (χ0v) is 7.72. The van der Waals surface area contributed by atoms with E-state index in [1.54, 1.807) is 0 Å². The van der Waals surface area contributed by atoms with Crippen LogP contribution in [-0.4, -0.2) is 5.54 Å². The third-order valence-electron chi connectivity index (χ3n) is 2.51. The Hall–Kier alpha value is -0.980. The van der Waals surface area contributed by atoms with Crippen molar-refractivity contribution in [1.29, 1.82) is 0 Å². The molecule has 0 fully saturated rings. The summed E-state index contributed by atoms with van der Waals surface area (Å²) in [7, 11) is 0. The maximum Gasteiger partial charge on any atom is 0.0376 e. The summed E-state index contributed by atoms with van der Waals surface area (Å²) in [5.74, 6) is 0. The van der Waals surface area contributed by atoms with E-state index < -0.39 is 0 Å². The molecule has 0 radical (unpaired) electrons. The van der Waals surface area contributed by atoms with Gasteiger partial charge in [-0.1, -0.05) is 18.2 Å². The first-order valence-corrected chi connectivity index (χ1v) is 4.53. The molecule has 1 aliphatic heterocycles. The second-order valence-electron chi connectivity index (χ2n) is 4.17. The molecule has 1 aromatic carbocycles. The van der Waals surface area contributed by atoms with Crippen LogP contribution in [0.4, 0.5) is 5.69 Å². The maximum atomic E-state index is 3.54. The molecule has 12 heavy (non-hydrogen) atoms. The fourth-order valence-electron chi connectivity index (χ4n) is 1.73. The summed E-state index contributed by atoms with van der Waals surface area (Å²) in [6.07, 6.45) is 2.43. The summed E-state index contributed by atoms with van der Waals surface area (Å²) in [5.41, 5.74) is 3.04. The van der Waals surface area contributed by atoms with Gasteiger partial charge in [-0.25, -0.2) is 0 Å². The monoisotopic (exact) mass is 161 g/mol. The van der Waals surface area contributed by atoms with Crippen molar-refractivity contribution < 1.29 is 0 Å². The minimum Gasteiger partial charge on any atom is -0.380 e. The van der Waals surface area contributed by atoms with Gasteiger partial charge in [0.2, 0.25) is 0 Å². The second-order valence-corrected chi connectivity index (χ2v) is 4.17. The van der Waals surface area contributed by atoms with Crippen LogP contribution in [0, 0.1) is 0 Å². The molecular formula is C11H15N. The fourth-order valence-corrected chi connectivity index (χ4v) is 1.73. The number of aryl methyl sites for hydroxylation is 1. The predicted molar refractivity (Wildman–Crippen MR) is 52.5 cm³/mol. The quantitative estimate of drug-likeness (QED) is 0.617. The van der Waals surface area contributed by atoms with E-state index in [4.69, 9.17) is 0 Å². The van der Waals surface area contributed by atoms with Crippen LogP contribution >= 0.6 is 0 Å². The van der Waals surface area contributed by atoms with E-state index in [0.717, 1.165) is 0 Å². The van der Waals surface area contributed by atoms with Crippen molar-refractivity contribution in [3.05, 3.63) is 29.8 Å². The van der Waals surface area contributed by atoms with E-state index >= 15 is 0 Å². The Morgan fingerprint density at radius 2 is 2.00 bits per heavy atom. The molecule has 0 atom stereocenters. The zero-order chi connectivity index (χ0) is 8.60. The smallest absolute Gasteiger partial charge is 0.0376 e. The number of fused-ring (bicyclic) bond motifs is 1. The van der Waals surface area contributed by atoms with Gasteiger partial charge in [0.05, 0.1) is 0 Å². The van der Waals surface area contributed by atoms with Gasteiger partial charge in [-0.05, 0) is 38.3 Å². The van der Waals surface area contributed by atoms with Gasteiger partial charge in [0.25, 0.3) is 0 Å². The number of hydrogen-bond donors (Lipinski definition) is 1. The number of anilines is 1. The van der Waals surface area contributed by atoms with Crippen molar-refractivity contribution in [2.24, 2.45) is 0 Å². The first kappa shape index (κ1) is 7.66. The standard InChI is InChI=1S/C11H15N/c1-11(2)8-7-9-5-3-4-6-10(9)12-11/h3-6,12H,7-8H2,1-2H3. The summed E-state index contributed by atoms with van der Waals surface area (Å²) in [6.45, 7) is 4.51. The molecule has 0 spiro atoms. The molecule has 64 valence electrons. The highest BCUT2D eigenvalue weighted by atomic mass is 15.0. The van der Waals surface area contributed by atoms with E-state index in [-0.39, 0.29) is 5.54 Å². The van der Waals surface area contributed by atoms with Crippen molar-refractivity contribution in [1.82, 2.24) is 0 Å². The van der Waals surface area contributed by atoms with E-state index in [1.807, 2.05) is 0 Å². The number of rotatable bonds is 0. The molecule has 0 aromatic heterocycles. The molecule has 1 nitrogen and oxygen atoms in total. The van der Waals surface area contributed by atoms with E-state index in [2.05, 4.69) is 43.4 Å². The van der Waals surface area contributed by atoms with Crippen molar-refractivity contribution in [2.75, 3.05) is 5.32 Å². The highest BCUT2D eigenvalue weighted by Crippen LogP contribution is 2.29. The van der Waals surface area contributed by atoms with Crippen LogP contribution in [-0.2, 0) is 6.42 Å². The van der Waals surface area contributed by atoms with Gasteiger partial charge >= 0.3 is 0 Å². The van der Waals surface area contributed by atoms with E-state index in [9.17, 15) is 0 Å². The third-order valence-corrected chi connectivity index (χ3v) is 2.51. The van der Waals surface area contributed by atoms with Crippen molar-refractivity contribution in [3.63, 3.8) is 0 Å². The van der Waals surface area contributed by atoms with Crippen LogP contribution < -0.4 is 5.32 Å². The van der Waals surface area contributed by atoms with Crippen LogP contribution in [0.2, 0.25) is 0 Å². The summed E-state index contributed by atoms with van der Waals surface area (Å²) in [6, 6.07) is 8.57. The summed E-state index contributed by atoms with van der Waals surface area (Å²) in [4.78, 5) is 0. The Bertz CT molecular complexity index is 289. The Morgan fingerprint density at radius 3 is 2.83 bits per heavy atom. The molecule has 2 rings (SSSR count). The van der Waals surface area contributed by atoms with Gasteiger partial charge in [-0.15, -0.1) is 0 Å². The Morgan fingerprint density at radius 1 is 1.25 bits per heavy atom. The average molecular weight is 161 g/mol.